The summed E-state index contributed by atoms with van der Waals surface area (Å²) < 4.78 is 7.97. The lowest BCUT2D eigenvalue weighted by atomic mass is 10.1. The molecule has 0 saturated heterocycles. The molecule has 8 nitrogen and oxygen atoms in total. The molecule has 0 atom stereocenters. The van der Waals surface area contributed by atoms with E-state index in [1.54, 1.807) is 32.7 Å². The molecular weight excluding hydrogens is 404 g/mol. The number of pyridine rings is 1. The maximum absolute atomic E-state index is 12.0. The van der Waals surface area contributed by atoms with Crippen molar-refractivity contribution in [3.8, 4) is 17.0 Å². The van der Waals surface area contributed by atoms with Gasteiger partial charge in [0.1, 0.15) is 11.4 Å². The van der Waals surface area contributed by atoms with Gasteiger partial charge in [-0.3, -0.25) is 19.7 Å². The van der Waals surface area contributed by atoms with Crippen LogP contribution in [0.4, 0.5) is 0 Å². The summed E-state index contributed by atoms with van der Waals surface area (Å²) in [4.78, 5) is 28.8. The van der Waals surface area contributed by atoms with Crippen LogP contribution in [-0.4, -0.2) is 62.8 Å². The van der Waals surface area contributed by atoms with Crippen molar-refractivity contribution in [2.75, 3.05) is 27.7 Å². The first-order valence-corrected chi connectivity index (χ1v) is 10.3. The minimum absolute atomic E-state index is 0.0124. The largest absolute Gasteiger partial charge is 0.483 e. The van der Waals surface area contributed by atoms with Crippen molar-refractivity contribution in [3.63, 3.8) is 0 Å². The quantitative estimate of drug-likeness (QED) is 0.428. The Morgan fingerprint density at radius 1 is 1.03 bits per heavy atom. The molecule has 0 radical (unpaired) electrons. The molecule has 0 bridgehead atoms. The summed E-state index contributed by atoms with van der Waals surface area (Å²) in [7, 11) is 5.48. The van der Waals surface area contributed by atoms with Gasteiger partial charge in [0, 0.05) is 56.9 Å². The number of carbonyl (C=O) groups is 1. The van der Waals surface area contributed by atoms with E-state index in [-0.39, 0.29) is 12.5 Å². The molecule has 0 N–H and O–H groups in total. The Labute approximate surface area is 187 Å². The van der Waals surface area contributed by atoms with Gasteiger partial charge < -0.3 is 14.0 Å². The van der Waals surface area contributed by atoms with Crippen molar-refractivity contribution in [1.29, 1.82) is 0 Å². The fourth-order valence-corrected chi connectivity index (χ4v) is 3.45. The van der Waals surface area contributed by atoms with E-state index < -0.39 is 0 Å². The van der Waals surface area contributed by atoms with Gasteiger partial charge in [0.2, 0.25) is 0 Å². The number of likely N-dealkylation sites (N-methyl/N-ethyl adjacent to an activating group) is 1. The Morgan fingerprint density at radius 2 is 1.91 bits per heavy atom. The van der Waals surface area contributed by atoms with E-state index in [1.807, 2.05) is 55.8 Å². The highest BCUT2D eigenvalue weighted by Crippen LogP contribution is 2.27. The zero-order valence-corrected chi connectivity index (χ0v) is 18.5. The highest BCUT2D eigenvalue weighted by molar-refractivity contribution is 5.77. The molecule has 3 aromatic heterocycles. The van der Waals surface area contributed by atoms with Gasteiger partial charge in [-0.25, -0.2) is 4.98 Å². The maximum Gasteiger partial charge on any atom is 0.259 e. The molecule has 4 rings (SSSR count). The third-order valence-electron chi connectivity index (χ3n) is 5.14. The van der Waals surface area contributed by atoms with Gasteiger partial charge in [0.25, 0.3) is 5.91 Å². The van der Waals surface area contributed by atoms with Gasteiger partial charge in [-0.05, 0) is 37.4 Å². The van der Waals surface area contributed by atoms with Crippen LogP contribution in [0.25, 0.3) is 16.9 Å². The van der Waals surface area contributed by atoms with Crippen LogP contribution in [0.5, 0.6) is 5.75 Å². The van der Waals surface area contributed by atoms with Gasteiger partial charge >= 0.3 is 0 Å². The first-order chi connectivity index (χ1) is 15.5. The summed E-state index contributed by atoms with van der Waals surface area (Å²) in [5.74, 6) is 0.589. The van der Waals surface area contributed by atoms with Crippen LogP contribution in [0.15, 0.2) is 67.4 Å². The van der Waals surface area contributed by atoms with E-state index in [4.69, 9.17) is 4.74 Å². The number of fused-ring (bicyclic) bond motifs is 1. The number of aromatic nitrogens is 4. The summed E-state index contributed by atoms with van der Waals surface area (Å²) in [6.45, 7) is 1.32. The molecule has 0 unspecified atom stereocenters. The Kier molecular flexibility index (Phi) is 6.42. The summed E-state index contributed by atoms with van der Waals surface area (Å²) in [5, 5.41) is 0. The lowest BCUT2D eigenvalue weighted by Crippen LogP contribution is -2.28. The third kappa shape index (κ3) is 4.92. The molecule has 3 heterocycles. The van der Waals surface area contributed by atoms with Gasteiger partial charge in [0.15, 0.2) is 6.61 Å². The Balaban J connectivity index is 1.57. The predicted octanol–water partition coefficient (Wildman–Crippen LogP) is 2.89. The van der Waals surface area contributed by atoms with Gasteiger partial charge in [-0.2, -0.15) is 0 Å². The van der Waals surface area contributed by atoms with Crippen LogP contribution in [0.2, 0.25) is 0 Å². The molecule has 4 aromatic rings. The Bertz CT molecular complexity index is 1210. The molecular formula is C24H26N6O2. The zero-order chi connectivity index (χ0) is 22.5. The number of imidazole rings is 1. The standard InChI is InChI=1S/C24H26N6O2/c1-28(2)24(31)17-32-22-8-7-18(21-14-25-9-10-26-21)12-19(22)15-29(3)16-20-13-27-23-6-4-5-11-30(20)23/h4-14H,15-17H2,1-3H3. The SMILES string of the molecule is CN(Cc1cc(-c2cnccn2)ccc1OCC(=O)N(C)C)Cc1cnc2ccccn12. The fraction of sp³-hybridized carbons (Fsp3) is 0.250. The van der Waals surface area contributed by atoms with E-state index >= 15 is 0 Å². The van der Waals surface area contributed by atoms with E-state index in [0.29, 0.717) is 18.8 Å². The Morgan fingerprint density at radius 3 is 2.69 bits per heavy atom. The minimum Gasteiger partial charge on any atom is -0.483 e. The average molecular weight is 431 g/mol. The van der Waals surface area contributed by atoms with E-state index in [9.17, 15) is 4.79 Å². The highest BCUT2D eigenvalue weighted by atomic mass is 16.5. The summed E-state index contributed by atoms with van der Waals surface area (Å²) in [6.07, 6.45) is 8.97. The predicted molar refractivity (Wildman–Crippen MR) is 122 cm³/mol. The molecule has 32 heavy (non-hydrogen) atoms. The number of rotatable bonds is 8. The summed E-state index contributed by atoms with van der Waals surface area (Å²) in [6, 6.07) is 11.8. The number of hydrogen-bond acceptors (Lipinski definition) is 6. The normalized spacial score (nSPS) is 11.1. The third-order valence-corrected chi connectivity index (χ3v) is 5.14. The van der Waals surface area contributed by atoms with Crippen molar-refractivity contribution in [3.05, 3.63) is 78.6 Å². The minimum atomic E-state index is -0.0898. The van der Waals surface area contributed by atoms with Crippen LogP contribution in [0.3, 0.4) is 0 Å². The van der Waals surface area contributed by atoms with E-state index in [0.717, 1.165) is 28.2 Å². The Hall–Kier alpha value is -3.78. The van der Waals surface area contributed by atoms with Crippen LogP contribution in [0.1, 0.15) is 11.3 Å². The first kappa shape index (κ1) is 21.5. The zero-order valence-electron chi connectivity index (χ0n) is 18.5. The number of hydrogen-bond donors (Lipinski definition) is 0. The van der Waals surface area contributed by atoms with Crippen molar-refractivity contribution in [1.82, 2.24) is 29.2 Å². The van der Waals surface area contributed by atoms with Crippen LogP contribution in [0, 0.1) is 0 Å². The second-order valence-electron chi connectivity index (χ2n) is 7.84. The molecule has 0 saturated carbocycles. The molecule has 0 aliphatic carbocycles. The van der Waals surface area contributed by atoms with Crippen LogP contribution in [-0.2, 0) is 17.9 Å². The van der Waals surface area contributed by atoms with Crippen molar-refractivity contribution in [2.24, 2.45) is 0 Å². The van der Waals surface area contributed by atoms with Crippen molar-refractivity contribution in [2.45, 2.75) is 13.1 Å². The number of carbonyl (C=O) groups excluding carboxylic acids is 1. The van der Waals surface area contributed by atoms with Gasteiger partial charge in [-0.1, -0.05) is 6.07 Å². The smallest absolute Gasteiger partial charge is 0.259 e. The first-order valence-electron chi connectivity index (χ1n) is 10.3. The number of benzene rings is 1. The highest BCUT2D eigenvalue weighted by Gasteiger charge is 2.14. The second-order valence-corrected chi connectivity index (χ2v) is 7.84. The van der Waals surface area contributed by atoms with Crippen LogP contribution >= 0.6 is 0 Å². The fourth-order valence-electron chi connectivity index (χ4n) is 3.45. The number of ether oxygens (including phenoxy) is 1. The maximum atomic E-state index is 12.0. The van der Waals surface area contributed by atoms with Crippen molar-refractivity contribution >= 4 is 11.6 Å². The molecule has 1 amide bonds. The number of nitrogens with zero attached hydrogens (tertiary/aromatic N) is 6. The monoisotopic (exact) mass is 430 g/mol. The van der Waals surface area contributed by atoms with E-state index in [2.05, 4.69) is 24.3 Å². The number of amides is 1. The van der Waals surface area contributed by atoms with Crippen molar-refractivity contribution < 1.29 is 9.53 Å². The summed E-state index contributed by atoms with van der Waals surface area (Å²) >= 11 is 0. The van der Waals surface area contributed by atoms with Crippen LogP contribution < -0.4 is 4.74 Å². The van der Waals surface area contributed by atoms with Gasteiger partial charge in [0.05, 0.1) is 23.8 Å². The van der Waals surface area contributed by atoms with E-state index in [1.165, 1.54) is 4.90 Å². The molecule has 8 heteroatoms. The average Bonchev–Trinajstić information content (AvgIpc) is 3.21. The molecule has 0 aliphatic rings. The molecule has 0 fully saturated rings. The van der Waals surface area contributed by atoms with Gasteiger partial charge in [-0.15, -0.1) is 0 Å². The molecule has 0 aliphatic heterocycles. The summed E-state index contributed by atoms with van der Waals surface area (Å²) in [5.41, 5.74) is 4.72. The molecule has 1 aromatic carbocycles. The second kappa shape index (κ2) is 9.57. The molecule has 0 spiro atoms. The molecule has 164 valence electrons. The lowest BCUT2D eigenvalue weighted by Gasteiger charge is -2.20. The topological polar surface area (TPSA) is 75.9 Å². The lowest BCUT2D eigenvalue weighted by molar-refractivity contribution is -0.130.